The Morgan fingerprint density at radius 1 is 1.18 bits per heavy atom. The number of urea groups is 1. The van der Waals surface area contributed by atoms with Gasteiger partial charge in [0, 0.05) is 18.9 Å². The first kappa shape index (κ1) is 19.4. The van der Waals surface area contributed by atoms with Crippen LogP contribution < -0.4 is 15.4 Å². The molecule has 0 saturated carbocycles. The molecule has 0 bridgehead atoms. The molecule has 0 spiro atoms. The molecule has 0 aliphatic rings. The minimum atomic E-state index is -0.287. The molecule has 0 radical (unpaired) electrons. The number of benzene rings is 1. The van der Waals surface area contributed by atoms with Crippen molar-refractivity contribution in [2.24, 2.45) is 7.05 Å². The molecule has 2 amide bonds. The lowest BCUT2D eigenvalue weighted by atomic mass is 10.2. The number of nitrogens with one attached hydrogen (secondary N) is 2. The van der Waals surface area contributed by atoms with Gasteiger partial charge in [0.2, 0.25) is 0 Å². The third kappa shape index (κ3) is 5.33. The first-order valence-corrected chi connectivity index (χ1v) is 9.37. The average Bonchev–Trinajstić information content (AvgIpc) is 3.09. The maximum atomic E-state index is 12.1. The number of amides is 2. The fourth-order valence-electron chi connectivity index (χ4n) is 2.68. The van der Waals surface area contributed by atoms with E-state index in [1.54, 1.807) is 10.9 Å². The first-order chi connectivity index (χ1) is 13.7. The molecule has 28 heavy (non-hydrogen) atoms. The van der Waals surface area contributed by atoms with Gasteiger partial charge in [0.25, 0.3) is 0 Å². The Bertz CT molecular complexity index is 891. The van der Waals surface area contributed by atoms with Crippen molar-refractivity contribution < 1.29 is 9.53 Å². The first-order valence-electron chi connectivity index (χ1n) is 9.37. The van der Waals surface area contributed by atoms with Crippen LogP contribution in [0.15, 0.2) is 54.7 Å². The third-order valence-corrected chi connectivity index (χ3v) is 4.17. The molecule has 3 aromatic rings. The van der Waals surface area contributed by atoms with E-state index in [4.69, 9.17) is 4.74 Å². The molecular formula is C21H25N5O2. The number of unbranched alkanes of at least 4 members (excludes halogenated alkanes) is 1. The van der Waals surface area contributed by atoms with E-state index in [1.165, 1.54) is 0 Å². The van der Waals surface area contributed by atoms with Crippen LogP contribution >= 0.6 is 0 Å². The van der Waals surface area contributed by atoms with Gasteiger partial charge in [-0.2, -0.15) is 5.10 Å². The zero-order chi connectivity index (χ0) is 19.8. The Balaban J connectivity index is 1.51. The van der Waals surface area contributed by atoms with E-state index in [2.05, 4.69) is 27.6 Å². The smallest absolute Gasteiger partial charge is 0.319 e. The van der Waals surface area contributed by atoms with E-state index in [-0.39, 0.29) is 6.03 Å². The van der Waals surface area contributed by atoms with Gasteiger partial charge in [-0.3, -0.25) is 9.67 Å². The van der Waals surface area contributed by atoms with Crippen LogP contribution in [-0.2, 0) is 13.6 Å². The van der Waals surface area contributed by atoms with Crippen molar-refractivity contribution in [2.75, 3.05) is 11.9 Å². The van der Waals surface area contributed by atoms with Crippen molar-refractivity contribution >= 4 is 11.7 Å². The highest BCUT2D eigenvalue weighted by Gasteiger charge is 2.09. The van der Waals surface area contributed by atoms with E-state index in [0.717, 1.165) is 35.7 Å². The van der Waals surface area contributed by atoms with Crippen LogP contribution in [0.5, 0.6) is 5.75 Å². The lowest BCUT2D eigenvalue weighted by Crippen LogP contribution is -2.28. The Morgan fingerprint density at radius 2 is 2.00 bits per heavy atom. The molecule has 1 aromatic carbocycles. The summed E-state index contributed by atoms with van der Waals surface area (Å²) in [7, 11) is 1.86. The summed E-state index contributed by atoms with van der Waals surface area (Å²) in [6, 6.07) is 14.7. The van der Waals surface area contributed by atoms with Crippen molar-refractivity contribution in [3.63, 3.8) is 0 Å². The van der Waals surface area contributed by atoms with Gasteiger partial charge >= 0.3 is 6.03 Å². The van der Waals surface area contributed by atoms with Crippen LogP contribution in [0.1, 0.15) is 25.5 Å². The predicted octanol–water partition coefficient (Wildman–Crippen LogP) is 3.98. The molecule has 0 fully saturated rings. The highest BCUT2D eigenvalue weighted by Crippen LogP contribution is 2.17. The standard InChI is InChI=1S/C21H25N5O2/c1-3-4-13-28-18-10-8-16(9-11-18)24-21(27)23-15-17-14-20(26(2)25-17)19-7-5-6-12-22-19/h5-12,14H,3-4,13,15H2,1-2H3,(H2,23,24,27). The van der Waals surface area contributed by atoms with Crippen molar-refractivity contribution in [3.05, 3.63) is 60.4 Å². The Kier molecular flexibility index (Phi) is 6.62. The van der Waals surface area contributed by atoms with Crippen molar-refractivity contribution in [1.29, 1.82) is 0 Å². The summed E-state index contributed by atoms with van der Waals surface area (Å²) in [5.41, 5.74) is 3.21. The second-order valence-electron chi connectivity index (χ2n) is 6.39. The van der Waals surface area contributed by atoms with Crippen LogP contribution in [0.4, 0.5) is 10.5 Å². The molecule has 0 saturated heterocycles. The number of rotatable bonds is 8. The Morgan fingerprint density at radius 3 is 2.71 bits per heavy atom. The van der Waals surface area contributed by atoms with Gasteiger partial charge in [0.05, 0.1) is 30.2 Å². The average molecular weight is 379 g/mol. The van der Waals surface area contributed by atoms with Crippen LogP contribution in [-0.4, -0.2) is 27.4 Å². The summed E-state index contributed by atoms with van der Waals surface area (Å²) < 4.78 is 7.38. The molecule has 2 heterocycles. The number of aryl methyl sites for hydroxylation is 1. The van der Waals surface area contributed by atoms with Crippen LogP contribution in [0.3, 0.4) is 0 Å². The van der Waals surface area contributed by atoms with Crippen LogP contribution in [0.25, 0.3) is 11.4 Å². The number of hydrogen-bond donors (Lipinski definition) is 2. The van der Waals surface area contributed by atoms with Gasteiger partial charge in [-0.05, 0) is 48.9 Å². The van der Waals surface area contributed by atoms with E-state index in [1.807, 2.05) is 55.6 Å². The van der Waals surface area contributed by atoms with Gasteiger partial charge in [-0.25, -0.2) is 4.79 Å². The molecule has 3 rings (SSSR count). The van der Waals surface area contributed by atoms with Crippen LogP contribution in [0.2, 0.25) is 0 Å². The largest absolute Gasteiger partial charge is 0.494 e. The second-order valence-corrected chi connectivity index (χ2v) is 6.39. The van der Waals surface area contributed by atoms with Crippen molar-refractivity contribution in [1.82, 2.24) is 20.1 Å². The number of carbonyl (C=O) groups is 1. The monoisotopic (exact) mass is 379 g/mol. The molecule has 0 unspecified atom stereocenters. The summed E-state index contributed by atoms with van der Waals surface area (Å²) in [5.74, 6) is 0.801. The van der Waals surface area contributed by atoms with Gasteiger partial charge in [-0.15, -0.1) is 0 Å². The van der Waals surface area contributed by atoms with Gasteiger partial charge in [0.1, 0.15) is 5.75 Å². The SMILES string of the molecule is CCCCOc1ccc(NC(=O)NCc2cc(-c3ccccn3)n(C)n2)cc1. The summed E-state index contributed by atoms with van der Waals surface area (Å²) in [6.07, 6.45) is 3.87. The number of carbonyl (C=O) groups excluding carboxylic acids is 1. The topological polar surface area (TPSA) is 81.1 Å². The highest BCUT2D eigenvalue weighted by atomic mass is 16.5. The maximum Gasteiger partial charge on any atom is 0.319 e. The summed E-state index contributed by atoms with van der Waals surface area (Å²) in [6.45, 7) is 3.15. The lowest BCUT2D eigenvalue weighted by molar-refractivity contribution is 0.251. The van der Waals surface area contributed by atoms with E-state index < -0.39 is 0 Å². The molecule has 7 nitrogen and oxygen atoms in total. The molecule has 7 heteroatoms. The van der Waals surface area contributed by atoms with Crippen molar-refractivity contribution in [3.8, 4) is 17.1 Å². The second kappa shape index (κ2) is 9.55. The minimum absolute atomic E-state index is 0.287. The van der Waals surface area contributed by atoms with Gasteiger partial charge in [0.15, 0.2) is 0 Å². The number of pyridine rings is 1. The number of aromatic nitrogens is 3. The number of hydrogen-bond acceptors (Lipinski definition) is 4. The fourth-order valence-corrected chi connectivity index (χ4v) is 2.68. The number of ether oxygens (including phenoxy) is 1. The quantitative estimate of drug-likeness (QED) is 0.580. The van der Waals surface area contributed by atoms with Gasteiger partial charge in [-0.1, -0.05) is 19.4 Å². The normalized spacial score (nSPS) is 10.5. The molecule has 2 N–H and O–H groups in total. The van der Waals surface area contributed by atoms with E-state index in [9.17, 15) is 4.79 Å². The molecule has 2 aromatic heterocycles. The summed E-state index contributed by atoms with van der Waals surface area (Å²) >= 11 is 0. The van der Waals surface area contributed by atoms with Crippen LogP contribution in [0, 0.1) is 0 Å². The summed E-state index contributed by atoms with van der Waals surface area (Å²) in [4.78, 5) is 16.5. The highest BCUT2D eigenvalue weighted by molar-refractivity contribution is 5.89. The number of anilines is 1. The zero-order valence-electron chi connectivity index (χ0n) is 16.2. The maximum absolute atomic E-state index is 12.1. The fraction of sp³-hybridized carbons (Fsp3) is 0.286. The lowest BCUT2D eigenvalue weighted by Gasteiger charge is -2.08. The predicted molar refractivity (Wildman–Crippen MR) is 109 cm³/mol. The molecule has 0 aliphatic heterocycles. The molecule has 0 atom stereocenters. The molecule has 0 aliphatic carbocycles. The van der Waals surface area contributed by atoms with E-state index >= 15 is 0 Å². The van der Waals surface area contributed by atoms with Gasteiger partial charge < -0.3 is 15.4 Å². The Hall–Kier alpha value is -3.35. The Labute approximate surface area is 164 Å². The minimum Gasteiger partial charge on any atom is -0.494 e. The molecule has 146 valence electrons. The third-order valence-electron chi connectivity index (χ3n) is 4.17. The number of nitrogens with zero attached hydrogens (tertiary/aromatic N) is 3. The zero-order valence-corrected chi connectivity index (χ0v) is 16.2. The van der Waals surface area contributed by atoms with E-state index in [0.29, 0.717) is 18.8 Å². The van der Waals surface area contributed by atoms with Crippen molar-refractivity contribution in [2.45, 2.75) is 26.3 Å². The summed E-state index contributed by atoms with van der Waals surface area (Å²) in [5, 5.41) is 10.1. The molecular weight excluding hydrogens is 354 g/mol.